The van der Waals surface area contributed by atoms with E-state index >= 15 is 0 Å². The molecule has 106 valence electrons. The minimum absolute atomic E-state index is 0.0485. The molecular formula is C13H11ClF3N3. The molecule has 0 saturated carbocycles. The van der Waals surface area contributed by atoms with Crippen LogP contribution in [0.3, 0.4) is 0 Å². The van der Waals surface area contributed by atoms with Gasteiger partial charge in [0.25, 0.3) is 0 Å². The van der Waals surface area contributed by atoms with Crippen molar-refractivity contribution in [2.75, 3.05) is 5.32 Å². The molecule has 20 heavy (non-hydrogen) atoms. The molecule has 0 aliphatic carbocycles. The van der Waals surface area contributed by atoms with Crippen molar-refractivity contribution < 1.29 is 13.2 Å². The highest BCUT2D eigenvalue weighted by Crippen LogP contribution is 2.31. The zero-order chi connectivity index (χ0) is 14.9. The largest absolute Gasteiger partial charge is 0.337 e. The molecule has 1 aromatic heterocycles. The summed E-state index contributed by atoms with van der Waals surface area (Å²) in [7, 11) is 0. The van der Waals surface area contributed by atoms with E-state index in [1.54, 1.807) is 0 Å². The van der Waals surface area contributed by atoms with E-state index in [1.807, 2.05) is 13.8 Å². The van der Waals surface area contributed by atoms with Gasteiger partial charge in [-0.1, -0.05) is 25.4 Å². The molecule has 0 spiro atoms. The average molecular weight is 302 g/mol. The Morgan fingerprint density at radius 3 is 2.50 bits per heavy atom. The summed E-state index contributed by atoms with van der Waals surface area (Å²) in [6, 6.07) is 1.31. The van der Waals surface area contributed by atoms with Crippen molar-refractivity contribution in [1.29, 1.82) is 0 Å². The van der Waals surface area contributed by atoms with Gasteiger partial charge >= 0.3 is 0 Å². The molecule has 0 amide bonds. The van der Waals surface area contributed by atoms with Gasteiger partial charge < -0.3 is 5.32 Å². The van der Waals surface area contributed by atoms with E-state index in [-0.39, 0.29) is 22.6 Å². The fourth-order valence-corrected chi connectivity index (χ4v) is 2.11. The number of rotatable bonds is 3. The molecule has 1 aromatic carbocycles. The molecule has 0 fully saturated rings. The van der Waals surface area contributed by atoms with Gasteiger partial charge in [-0.15, -0.1) is 0 Å². The third kappa shape index (κ3) is 2.85. The lowest BCUT2D eigenvalue weighted by Gasteiger charge is -2.14. The van der Waals surface area contributed by atoms with Gasteiger partial charge in [-0.05, 0) is 5.92 Å². The highest BCUT2D eigenvalue weighted by atomic mass is 35.5. The van der Waals surface area contributed by atoms with E-state index in [1.165, 1.54) is 6.33 Å². The van der Waals surface area contributed by atoms with Gasteiger partial charge in [-0.25, -0.2) is 23.1 Å². The number of hydrogen-bond acceptors (Lipinski definition) is 3. The summed E-state index contributed by atoms with van der Waals surface area (Å²) in [5.41, 5.74) is 0.192. The summed E-state index contributed by atoms with van der Waals surface area (Å²) >= 11 is 5.96. The number of halogens is 4. The van der Waals surface area contributed by atoms with Crippen LogP contribution in [-0.4, -0.2) is 9.97 Å². The summed E-state index contributed by atoms with van der Waals surface area (Å²) in [4.78, 5) is 7.77. The summed E-state index contributed by atoms with van der Waals surface area (Å²) in [5, 5.41) is 2.76. The maximum atomic E-state index is 13.6. The highest BCUT2D eigenvalue weighted by molar-refractivity contribution is 6.30. The second-order valence-electron chi connectivity index (χ2n) is 4.46. The van der Waals surface area contributed by atoms with E-state index in [2.05, 4.69) is 15.3 Å². The predicted molar refractivity (Wildman–Crippen MR) is 70.7 cm³/mol. The summed E-state index contributed by atoms with van der Waals surface area (Å²) in [5.74, 6) is -3.19. The van der Waals surface area contributed by atoms with Crippen LogP contribution >= 0.6 is 11.6 Å². The van der Waals surface area contributed by atoms with Crippen LogP contribution in [0.2, 0.25) is 5.15 Å². The van der Waals surface area contributed by atoms with Gasteiger partial charge in [0.05, 0.1) is 5.69 Å². The van der Waals surface area contributed by atoms with Gasteiger partial charge in [0.1, 0.15) is 23.1 Å². The lowest BCUT2D eigenvalue weighted by Crippen LogP contribution is -2.05. The monoisotopic (exact) mass is 301 g/mol. The summed E-state index contributed by atoms with van der Waals surface area (Å²) in [6.45, 7) is 3.69. The topological polar surface area (TPSA) is 37.8 Å². The van der Waals surface area contributed by atoms with Crippen molar-refractivity contribution in [2.45, 2.75) is 19.8 Å². The summed E-state index contributed by atoms with van der Waals surface area (Å²) < 4.78 is 39.9. The first kappa shape index (κ1) is 14.6. The number of benzene rings is 1. The lowest BCUT2D eigenvalue weighted by molar-refractivity contribution is 0.498. The normalized spacial score (nSPS) is 10.9. The van der Waals surface area contributed by atoms with Crippen molar-refractivity contribution in [3.8, 4) is 0 Å². The van der Waals surface area contributed by atoms with Crippen molar-refractivity contribution in [1.82, 2.24) is 9.97 Å². The standard InChI is InChI=1S/C13H11ClF3N3/c1-6(2)10-12(14)18-5-19-13(10)20-9-4-7(15)3-8(16)11(9)17/h3-6H,1-2H3,(H,18,19,20). The van der Waals surface area contributed by atoms with E-state index in [0.29, 0.717) is 11.6 Å². The fourth-order valence-electron chi connectivity index (χ4n) is 1.76. The third-order valence-corrected chi connectivity index (χ3v) is 2.96. The summed E-state index contributed by atoms with van der Waals surface area (Å²) in [6.07, 6.45) is 1.18. The van der Waals surface area contributed by atoms with E-state index in [9.17, 15) is 13.2 Å². The van der Waals surface area contributed by atoms with Gasteiger partial charge in [0, 0.05) is 17.7 Å². The number of nitrogens with one attached hydrogen (secondary N) is 1. The minimum Gasteiger partial charge on any atom is -0.337 e. The molecule has 0 bridgehead atoms. The molecule has 2 aromatic rings. The Hall–Kier alpha value is -1.82. The quantitative estimate of drug-likeness (QED) is 0.674. The molecule has 1 N–H and O–H groups in total. The van der Waals surface area contributed by atoms with Crippen LogP contribution in [0, 0.1) is 17.5 Å². The third-order valence-electron chi connectivity index (χ3n) is 2.66. The Morgan fingerprint density at radius 1 is 1.15 bits per heavy atom. The van der Waals surface area contributed by atoms with Gasteiger partial charge in [-0.3, -0.25) is 0 Å². The molecule has 1 heterocycles. The van der Waals surface area contributed by atoms with Crippen molar-refractivity contribution in [2.24, 2.45) is 0 Å². The Bertz CT molecular complexity index is 647. The Morgan fingerprint density at radius 2 is 1.85 bits per heavy atom. The first-order valence-electron chi connectivity index (χ1n) is 5.82. The Balaban J connectivity index is 2.48. The second kappa shape index (κ2) is 5.66. The number of hydrogen-bond donors (Lipinski definition) is 1. The van der Waals surface area contributed by atoms with E-state index in [4.69, 9.17) is 11.6 Å². The van der Waals surface area contributed by atoms with Gasteiger partial charge in [0.15, 0.2) is 11.6 Å². The predicted octanol–water partition coefficient (Wildman–Crippen LogP) is 4.41. The SMILES string of the molecule is CC(C)c1c(Cl)ncnc1Nc1cc(F)cc(F)c1F. The molecule has 7 heteroatoms. The molecule has 3 nitrogen and oxygen atoms in total. The van der Waals surface area contributed by atoms with Crippen molar-refractivity contribution in [3.63, 3.8) is 0 Å². The van der Waals surface area contributed by atoms with E-state index in [0.717, 1.165) is 6.07 Å². The molecule has 0 atom stereocenters. The van der Waals surface area contributed by atoms with Crippen LogP contribution in [-0.2, 0) is 0 Å². The van der Waals surface area contributed by atoms with Crippen molar-refractivity contribution >= 4 is 23.1 Å². The average Bonchev–Trinajstić information content (AvgIpc) is 2.35. The molecule has 0 unspecified atom stereocenters. The molecule has 2 rings (SSSR count). The minimum atomic E-state index is -1.28. The molecule has 0 aliphatic rings. The molecule has 0 radical (unpaired) electrons. The van der Waals surface area contributed by atoms with Gasteiger partial charge in [0.2, 0.25) is 0 Å². The van der Waals surface area contributed by atoms with Crippen LogP contribution in [0.4, 0.5) is 24.7 Å². The molecular weight excluding hydrogens is 291 g/mol. The maximum Gasteiger partial charge on any atom is 0.182 e. The van der Waals surface area contributed by atoms with Crippen molar-refractivity contribution in [3.05, 3.63) is 46.6 Å². The van der Waals surface area contributed by atoms with Crippen LogP contribution in [0.25, 0.3) is 0 Å². The fraction of sp³-hybridized carbons (Fsp3) is 0.231. The first-order valence-corrected chi connectivity index (χ1v) is 6.20. The lowest BCUT2D eigenvalue weighted by atomic mass is 10.1. The van der Waals surface area contributed by atoms with E-state index < -0.39 is 17.5 Å². The smallest absolute Gasteiger partial charge is 0.182 e. The maximum absolute atomic E-state index is 13.6. The highest BCUT2D eigenvalue weighted by Gasteiger charge is 2.17. The van der Waals surface area contributed by atoms with Crippen LogP contribution in [0.5, 0.6) is 0 Å². The second-order valence-corrected chi connectivity index (χ2v) is 4.81. The molecule has 0 saturated heterocycles. The molecule has 0 aliphatic heterocycles. The van der Waals surface area contributed by atoms with Crippen LogP contribution < -0.4 is 5.32 Å². The van der Waals surface area contributed by atoms with Crippen LogP contribution in [0.15, 0.2) is 18.5 Å². The van der Waals surface area contributed by atoms with Crippen LogP contribution in [0.1, 0.15) is 25.3 Å². The number of anilines is 2. The zero-order valence-electron chi connectivity index (χ0n) is 10.7. The number of aromatic nitrogens is 2. The number of nitrogens with zero attached hydrogens (tertiary/aromatic N) is 2. The van der Waals surface area contributed by atoms with Gasteiger partial charge in [-0.2, -0.15) is 0 Å². The first-order chi connectivity index (χ1) is 9.40. The Kier molecular flexibility index (Phi) is 4.13. The zero-order valence-corrected chi connectivity index (χ0v) is 11.5. The Labute approximate surface area is 118 Å².